The number of rotatable bonds is 6. The lowest BCUT2D eigenvalue weighted by molar-refractivity contribution is 0.308. The minimum atomic E-state index is -3.75. The Morgan fingerprint density at radius 3 is 2.42 bits per heavy atom. The molecule has 0 unspecified atom stereocenters. The standard InChI is InChI=1S/C22H25FN4O3S/c1-2-26-21(24-27(22(26)28)16-17-7-4-3-5-8-17)18-11-13-25(14-12-18)31(29,30)20-10-6-9-19(23)15-20/h3-10,15,18H,2,11-14,16H2,1H3. The number of hydrogen-bond donors (Lipinski definition) is 0. The van der Waals surface area contributed by atoms with Gasteiger partial charge in [-0.05, 0) is 43.5 Å². The summed E-state index contributed by atoms with van der Waals surface area (Å²) < 4.78 is 43.7. The van der Waals surface area contributed by atoms with Gasteiger partial charge in [-0.1, -0.05) is 36.4 Å². The molecule has 0 N–H and O–H groups in total. The lowest BCUT2D eigenvalue weighted by Crippen LogP contribution is -2.38. The molecule has 2 aromatic carbocycles. The van der Waals surface area contributed by atoms with Gasteiger partial charge in [0.05, 0.1) is 11.4 Å². The fourth-order valence-corrected chi connectivity index (χ4v) is 5.55. The Balaban J connectivity index is 1.52. The van der Waals surface area contributed by atoms with Gasteiger partial charge in [0.15, 0.2) is 0 Å². The van der Waals surface area contributed by atoms with Crippen LogP contribution >= 0.6 is 0 Å². The van der Waals surface area contributed by atoms with Crippen LogP contribution in [0.25, 0.3) is 0 Å². The quantitative estimate of drug-likeness (QED) is 0.586. The fraction of sp³-hybridized carbons (Fsp3) is 0.364. The van der Waals surface area contributed by atoms with Crippen molar-refractivity contribution in [3.63, 3.8) is 0 Å². The number of nitrogens with zero attached hydrogens (tertiary/aromatic N) is 4. The zero-order valence-electron chi connectivity index (χ0n) is 17.3. The minimum absolute atomic E-state index is 0.0105. The van der Waals surface area contributed by atoms with Crippen molar-refractivity contribution < 1.29 is 12.8 Å². The normalized spacial score (nSPS) is 15.9. The molecule has 7 nitrogen and oxygen atoms in total. The molecule has 3 aromatic rings. The number of benzene rings is 2. The Hall–Kier alpha value is -2.78. The number of halogens is 1. The predicted molar refractivity (Wildman–Crippen MR) is 115 cm³/mol. The number of aromatic nitrogens is 3. The Morgan fingerprint density at radius 1 is 1.06 bits per heavy atom. The second-order valence-corrected chi connectivity index (χ2v) is 9.60. The van der Waals surface area contributed by atoms with Gasteiger partial charge in [0.1, 0.15) is 11.6 Å². The maximum atomic E-state index is 13.5. The van der Waals surface area contributed by atoms with E-state index in [0.717, 1.165) is 11.6 Å². The largest absolute Gasteiger partial charge is 0.346 e. The summed E-state index contributed by atoms with van der Waals surface area (Å²) >= 11 is 0. The maximum absolute atomic E-state index is 13.5. The van der Waals surface area contributed by atoms with Crippen LogP contribution in [-0.4, -0.2) is 40.2 Å². The monoisotopic (exact) mass is 444 g/mol. The van der Waals surface area contributed by atoms with Gasteiger partial charge in [-0.3, -0.25) is 4.57 Å². The van der Waals surface area contributed by atoms with E-state index >= 15 is 0 Å². The third-order valence-electron chi connectivity index (χ3n) is 5.70. The summed E-state index contributed by atoms with van der Waals surface area (Å²) in [6.07, 6.45) is 1.10. The van der Waals surface area contributed by atoms with E-state index in [1.807, 2.05) is 37.3 Å². The predicted octanol–water partition coefficient (Wildman–Crippen LogP) is 2.82. The molecule has 0 bridgehead atoms. The number of hydrogen-bond acceptors (Lipinski definition) is 4. The average Bonchev–Trinajstić information content (AvgIpc) is 3.09. The van der Waals surface area contributed by atoms with Crippen molar-refractivity contribution in [3.05, 3.63) is 82.3 Å². The molecule has 1 aliphatic rings. The molecule has 9 heteroatoms. The van der Waals surface area contributed by atoms with Crippen LogP contribution in [-0.2, 0) is 23.1 Å². The van der Waals surface area contributed by atoms with Crippen LogP contribution in [0, 0.1) is 5.82 Å². The second kappa shape index (κ2) is 8.76. The summed E-state index contributed by atoms with van der Waals surface area (Å²) in [5, 5.41) is 4.61. The van der Waals surface area contributed by atoms with Gasteiger partial charge in [0.2, 0.25) is 10.0 Å². The first kappa shape index (κ1) is 21.5. The zero-order valence-corrected chi connectivity index (χ0v) is 18.1. The lowest BCUT2D eigenvalue weighted by Gasteiger charge is -2.30. The lowest BCUT2D eigenvalue weighted by atomic mass is 9.97. The summed E-state index contributed by atoms with van der Waals surface area (Å²) in [6.45, 7) is 3.40. The molecule has 4 rings (SSSR count). The van der Waals surface area contributed by atoms with Crippen molar-refractivity contribution in [1.82, 2.24) is 18.7 Å². The van der Waals surface area contributed by atoms with Gasteiger partial charge in [0, 0.05) is 25.6 Å². The molecule has 31 heavy (non-hydrogen) atoms. The van der Waals surface area contributed by atoms with E-state index in [1.165, 1.54) is 27.2 Å². The molecule has 0 amide bonds. The molecule has 0 atom stereocenters. The molecule has 0 radical (unpaired) electrons. The van der Waals surface area contributed by atoms with Crippen molar-refractivity contribution in [3.8, 4) is 0 Å². The van der Waals surface area contributed by atoms with Gasteiger partial charge < -0.3 is 0 Å². The van der Waals surface area contributed by atoms with Crippen LogP contribution in [0.2, 0.25) is 0 Å². The Labute approximate surface area is 180 Å². The van der Waals surface area contributed by atoms with Gasteiger partial charge in [-0.15, -0.1) is 0 Å². The summed E-state index contributed by atoms with van der Waals surface area (Å²) in [5.74, 6) is 0.113. The van der Waals surface area contributed by atoms with E-state index < -0.39 is 15.8 Å². The van der Waals surface area contributed by atoms with E-state index in [0.29, 0.717) is 44.8 Å². The van der Waals surface area contributed by atoms with Crippen LogP contribution < -0.4 is 5.69 Å². The van der Waals surface area contributed by atoms with Crippen molar-refractivity contribution in [2.45, 2.75) is 43.7 Å². The van der Waals surface area contributed by atoms with Crippen LogP contribution in [0.15, 0.2) is 64.3 Å². The first-order valence-corrected chi connectivity index (χ1v) is 11.8. The van der Waals surface area contributed by atoms with Gasteiger partial charge in [0.25, 0.3) is 0 Å². The smallest absolute Gasteiger partial charge is 0.279 e. The Kier molecular flexibility index (Phi) is 6.06. The van der Waals surface area contributed by atoms with Crippen molar-refractivity contribution >= 4 is 10.0 Å². The van der Waals surface area contributed by atoms with Crippen LogP contribution in [0.1, 0.15) is 37.1 Å². The van der Waals surface area contributed by atoms with E-state index in [-0.39, 0.29) is 16.5 Å². The zero-order chi connectivity index (χ0) is 22.0. The van der Waals surface area contributed by atoms with Gasteiger partial charge in [-0.25, -0.2) is 22.3 Å². The highest BCUT2D eigenvalue weighted by molar-refractivity contribution is 7.89. The molecule has 1 aliphatic heterocycles. The summed E-state index contributed by atoms with van der Waals surface area (Å²) in [7, 11) is -3.75. The fourth-order valence-electron chi connectivity index (χ4n) is 4.05. The third-order valence-corrected chi connectivity index (χ3v) is 7.59. The molecule has 164 valence electrons. The summed E-state index contributed by atoms with van der Waals surface area (Å²) in [4.78, 5) is 12.8. The van der Waals surface area contributed by atoms with Crippen molar-refractivity contribution in [2.24, 2.45) is 0 Å². The molecule has 1 fully saturated rings. The summed E-state index contributed by atoms with van der Waals surface area (Å²) in [6, 6.07) is 14.7. The molecule has 0 saturated carbocycles. The Morgan fingerprint density at radius 2 is 1.77 bits per heavy atom. The molecule has 0 spiro atoms. The molecular formula is C22H25FN4O3S. The maximum Gasteiger partial charge on any atom is 0.346 e. The van der Waals surface area contributed by atoms with E-state index in [4.69, 9.17) is 0 Å². The SMILES string of the molecule is CCn1c(C2CCN(S(=O)(=O)c3cccc(F)c3)CC2)nn(Cc2ccccc2)c1=O. The number of piperidine rings is 1. The highest BCUT2D eigenvalue weighted by atomic mass is 32.2. The highest BCUT2D eigenvalue weighted by Gasteiger charge is 2.32. The molecule has 1 saturated heterocycles. The second-order valence-electron chi connectivity index (χ2n) is 7.66. The van der Waals surface area contributed by atoms with E-state index in [1.54, 1.807) is 4.57 Å². The van der Waals surface area contributed by atoms with Crippen LogP contribution in [0.4, 0.5) is 4.39 Å². The highest BCUT2D eigenvalue weighted by Crippen LogP contribution is 2.29. The first-order valence-electron chi connectivity index (χ1n) is 10.4. The average molecular weight is 445 g/mol. The molecule has 2 heterocycles. The van der Waals surface area contributed by atoms with Crippen LogP contribution in [0.3, 0.4) is 0 Å². The van der Waals surface area contributed by atoms with Gasteiger partial charge in [-0.2, -0.15) is 9.40 Å². The number of sulfonamides is 1. The van der Waals surface area contributed by atoms with Crippen molar-refractivity contribution in [2.75, 3.05) is 13.1 Å². The van der Waals surface area contributed by atoms with Crippen molar-refractivity contribution in [1.29, 1.82) is 0 Å². The molecule has 1 aromatic heterocycles. The summed E-state index contributed by atoms with van der Waals surface area (Å²) in [5.41, 5.74) is 0.837. The first-order chi connectivity index (χ1) is 14.9. The minimum Gasteiger partial charge on any atom is -0.279 e. The van der Waals surface area contributed by atoms with Crippen LogP contribution in [0.5, 0.6) is 0 Å². The Bertz CT molecular complexity index is 1210. The third kappa shape index (κ3) is 4.33. The topological polar surface area (TPSA) is 77.2 Å². The molecular weight excluding hydrogens is 419 g/mol. The van der Waals surface area contributed by atoms with E-state index in [2.05, 4.69) is 5.10 Å². The molecule has 0 aliphatic carbocycles. The van der Waals surface area contributed by atoms with E-state index in [9.17, 15) is 17.6 Å². The van der Waals surface area contributed by atoms with Gasteiger partial charge >= 0.3 is 5.69 Å².